The fourth-order valence-electron chi connectivity index (χ4n) is 4.98. The first-order valence-electron chi connectivity index (χ1n) is 11.6. The Labute approximate surface area is 201 Å². The average molecular weight is 465 g/mol. The predicted octanol–water partition coefficient (Wildman–Crippen LogP) is 4.13. The largest absolute Gasteiger partial charge is 0.497 e. The zero-order valence-electron chi connectivity index (χ0n) is 19.2. The average Bonchev–Trinajstić information content (AvgIpc) is 3.29. The van der Waals surface area contributed by atoms with Gasteiger partial charge in [0.2, 0.25) is 0 Å². The fourth-order valence-corrected chi connectivity index (χ4v) is 4.98. The second-order valence-electron chi connectivity index (χ2n) is 8.74. The van der Waals surface area contributed by atoms with E-state index < -0.39 is 12.1 Å². The van der Waals surface area contributed by atoms with Crippen LogP contribution in [-0.2, 0) is 6.42 Å². The van der Waals surface area contributed by atoms with Crippen molar-refractivity contribution in [3.05, 3.63) is 107 Å². The van der Waals surface area contributed by atoms with Gasteiger partial charge in [0.25, 0.3) is 5.56 Å². The summed E-state index contributed by atoms with van der Waals surface area (Å²) in [6.07, 6.45) is 2.42. The lowest BCUT2D eigenvalue weighted by Crippen LogP contribution is -2.38. The Hall–Kier alpha value is -4.23. The van der Waals surface area contributed by atoms with Gasteiger partial charge in [-0.2, -0.15) is 10.2 Å². The molecule has 0 amide bonds. The normalized spacial score (nSPS) is 17.3. The number of methoxy groups -OCH3 is 1. The molecule has 7 nitrogen and oxygen atoms in total. The van der Waals surface area contributed by atoms with Gasteiger partial charge in [-0.05, 0) is 54.3 Å². The molecule has 1 N–H and O–H groups in total. The van der Waals surface area contributed by atoms with Gasteiger partial charge in [0.05, 0.1) is 30.0 Å². The molecule has 7 heteroatoms. The second-order valence-corrected chi connectivity index (χ2v) is 8.74. The van der Waals surface area contributed by atoms with Crippen LogP contribution in [0.2, 0.25) is 0 Å². The van der Waals surface area contributed by atoms with Gasteiger partial charge in [0, 0.05) is 17.8 Å². The minimum absolute atomic E-state index is 0.265. The molecule has 0 bridgehead atoms. The van der Waals surface area contributed by atoms with Crippen LogP contribution in [0.15, 0.2) is 89.9 Å². The van der Waals surface area contributed by atoms with E-state index in [2.05, 4.69) is 0 Å². The molecule has 1 aliphatic rings. The summed E-state index contributed by atoms with van der Waals surface area (Å²) in [6, 6.07) is 24.2. The highest BCUT2D eigenvalue weighted by Gasteiger charge is 2.32. The summed E-state index contributed by atoms with van der Waals surface area (Å²) in [7, 11) is 1.63. The number of benzene rings is 2. The molecular weight excluding hydrogens is 440 g/mol. The van der Waals surface area contributed by atoms with E-state index in [9.17, 15) is 9.90 Å². The summed E-state index contributed by atoms with van der Waals surface area (Å²) >= 11 is 0. The van der Waals surface area contributed by atoms with Crippen molar-refractivity contribution >= 4 is 5.52 Å². The molecular formula is C28H24N4O3. The highest BCUT2D eigenvalue weighted by atomic mass is 16.5. The Morgan fingerprint density at radius 1 is 0.971 bits per heavy atom. The molecule has 0 saturated carbocycles. The van der Waals surface area contributed by atoms with E-state index in [0.717, 1.165) is 39.2 Å². The van der Waals surface area contributed by atoms with Crippen LogP contribution in [0, 0.1) is 0 Å². The van der Waals surface area contributed by atoms with Crippen molar-refractivity contribution in [2.24, 2.45) is 0 Å². The summed E-state index contributed by atoms with van der Waals surface area (Å²) in [5.74, 6) is 0.756. The summed E-state index contributed by atoms with van der Waals surface area (Å²) in [6.45, 7) is 0. The summed E-state index contributed by atoms with van der Waals surface area (Å²) in [5.41, 5.74) is 5.77. The smallest absolute Gasteiger partial charge is 0.267 e. The molecule has 0 saturated heterocycles. The monoisotopic (exact) mass is 464 g/mol. The van der Waals surface area contributed by atoms with Crippen molar-refractivity contribution in [2.75, 3.05) is 7.11 Å². The molecule has 0 fully saturated rings. The molecule has 5 aromatic rings. The summed E-state index contributed by atoms with van der Waals surface area (Å²) in [4.78, 5) is 13.1. The number of rotatable bonds is 4. The van der Waals surface area contributed by atoms with E-state index in [4.69, 9.17) is 14.9 Å². The maximum atomic E-state index is 13.1. The Morgan fingerprint density at radius 3 is 2.63 bits per heavy atom. The molecule has 0 radical (unpaired) electrons. The van der Waals surface area contributed by atoms with Gasteiger partial charge in [-0.3, -0.25) is 4.79 Å². The quantitative estimate of drug-likeness (QED) is 0.433. The minimum Gasteiger partial charge on any atom is -0.497 e. The lowest BCUT2D eigenvalue weighted by molar-refractivity contribution is 0.105. The van der Waals surface area contributed by atoms with Gasteiger partial charge in [-0.1, -0.05) is 42.5 Å². The standard InChI is InChI=1S/C28H24N4O3/c1-35-20-11-12-21-19(17-20)10-14-24(33)28(21)32-25(34)15-13-22(29-32)26-23-9-5-6-16-31(23)30-27(26)18-7-3-2-4-8-18/h2-9,11-13,15-17,24,28,33H,10,14H2,1H3/t24-,28-/m1/s1. The van der Waals surface area contributed by atoms with Crippen molar-refractivity contribution in [3.63, 3.8) is 0 Å². The van der Waals surface area contributed by atoms with Gasteiger partial charge in [-0.25, -0.2) is 9.20 Å². The van der Waals surface area contributed by atoms with Crippen LogP contribution >= 0.6 is 0 Å². The minimum atomic E-state index is -0.728. The Balaban J connectivity index is 1.56. The third-order valence-electron chi connectivity index (χ3n) is 6.67. The number of aliphatic hydroxyl groups is 1. The molecule has 2 aromatic carbocycles. The van der Waals surface area contributed by atoms with E-state index in [1.165, 1.54) is 10.7 Å². The van der Waals surface area contributed by atoms with Crippen molar-refractivity contribution in [1.29, 1.82) is 0 Å². The van der Waals surface area contributed by atoms with Gasteiger partial charge < -0.3 is 9.84 Å². The number of fused-ring (bicyclic) bond motifs is 2. The van der Waals surface area contributed by atoms with Crippen molar-refractivity contribution < 1.29 is 9.84 Å². The number of aliphatic hydroxyl groups excluding tert-OH is 1. The van der Waals surface area contributed by atoms with Crippen LogP contribution in [0.3, 0.4) is 0 Å². The first-order valence-corrected chi connectivity index (χ1v) is 11.6. The number of hydrogen-bond donors (Lipinski definition) is 1. The van der Waals surface area contributed by atoms with Crippen LogP contribution in [0.25, 0.3) is 28.0 Å². The molecule has 3 heterocycles. The lowest BCUT2D eigenvalue weighted by atomic mass is 9.85. The SMILES string of the molecule is COc1ccc2c(c1)CC[C@@H](O)[C@@H]2n1nc(-c2c(-c3ccccc3)nn3ccccc23)ccc1=O. The number of nitrogens with zero attached hydrogens (tertiary/aromatic N) is 4. The molecule has 174 valence electrons. The van der Waals surface area contributed by atoms with Gasteiger partial charge in [0.1, 0.15) is 17.5 Å². The van der Waals surface area contributed by atoms with Crippen LogP contribution < -0.4 is 10.3 Å². The van der Waals surface area contributed by atoms with E-state index in [0.29, 0.717) is 18.5 Å². The lowest BCUT2D eigenvalue weighted by Gasteiger charge is -2.31. The Morgan fingerprint density at radius 2 is 1.80 bits per heavy atom. The maximum Gasteiger partial charge on any atom is 0.267 e. The van der Waals surface area contributed by atoms with E-state index in [1.807, 2.05) is 77.4 Å². The predicted molar refractivity (Wildman–Crippen MR) is 134 cm³/mol. The topological polar surface area (TPSA) is 81.7 Å². The van der Waals surface area contributed by atoms with Crippen LogP contribution in [0.1, 0.15) is 23.6 Å². The number of aryl methyl sites for hydroxylation is 1. The number of aromatic nitrogens is 4. The number of hydrogen-bond acceptors (Lipinski definition) is 5. The third kappa shape index (κ3) is 3.61. The maximum absolute atomic E-state index is 13.1. The first kappa shape index (κ1) is 21.3. The molecule has 6 rings (SSSR count). The molecule has 0 spiro atoms. The van der Waals surface area contributed by atoms with Gasteiger partial charge in [-0.15, -0.1) is 0 Å². The summed E-state index contributed by atoms with van der Waals surface area (Å²) in [5, 5.41) is 20.6. The van der Waals surface area contributed by atoms with E-state index in [-0.39, 0.29) is 5.56 Å². The van der Waals surface area contributed by atoms with Crippen molar-refractivity contribution in [1.82, 2.24) is 19.4 Å². The third-order valence-corrected chi connectivity index (χ3v) is 6.67. The van der Waals surface area contributed by atoms with E-state index >= 15 is 0 Å². The highest BCUT2D eigenvalue weighted by Crippen LogP contribution is 2.36. The van der Waals surface area contributed by atoms with Gasteiger partial charge >= 0.3 is 0 Å². The highest BCUT2D eigenvalue weighted by molar-refractivity contribution is 5.90. The molecule has 0 unspecified atom stereocenters. The molecule has 0 aliphatic heterocycles. The van der Waals surface area contributed by atoms with Crippen LogP contribution in [-0.4, -0.2) is 37.7 Å². The van der Waals surface area contributed by atoms with Crippen LogP contribution in [0.4, 0.5) is 0 Å². The zero-order chi connectivity index (χ0) is 23.9. The fraction of sp³-hybridized carbons (Fsp3) is 0.179. The molecule has 35 heavy (non-hydrogen) atoms. The zero-order valence-corrected chi connectivity index (χ0v) is 19.2. The van der Waals surface area contributed by atoms with Crippen LogP contribution in [0.5, 0.6) is 5.75 Å². The van der Waals surface area contributed by atoms with Gasteiger partial charge in [0.15, 0.2) is 0 Å². The van der Waals surface area contributed by atoms with Crippen molar-refractivity contribution in [2.45, 2.75) is 25.0 Å². The number of ether oxygens (including phenoxy) is 1. The summed E-state index contributed by atoms with van der Waals surface area (Å²) < 4.78 is 8.63. The molecule has 1 aliphatic carbocycles. The van der Waals surface area contributed by atoms with Crippen molar-refractivity contribution in [3.8, 4) is 28.3 Å². The number of pyridine rings is 1. The second kappa shape index (κ2) is 8.52. The van der Waals surface area contributed by atoms with E-state index in [1.54, 1.807) is 13.2 Å². The molecule has 3 aromatic heterocycles. The Bertz CT molecular complexity index is 1590. The Kier molecular flexibility index (Phi) is 5.19. The molecule has 2 atom stereocenters. The first-order chi connectivity index (χ1) is 17.1.